The largest absolute Gasteiger partial charge is 0.480 e. The van der Waals surface area contributed by atoms with Gasteiger partial charge in [-0.15, -0.1) is 0 Å². The Kier molecular flexibility index (Phi) is 4.19. The average molecular weight is 284 g/mol. The van der Waals surface area contributed by atoms with Gasteiger partial charge in [0.05, 0.1) is 18.1 Å². The molecule has 0 aliphatic rings. The third-order valence-corrected chi connectivity index (χ3v) is 2.73. The summed E-state index contributed by atoms with van der Waals surface area (Å²) in [6, 6.07) is 7.75. The van der Waals surface area contributed by atoms with Crippen LogP contribution in [0, 0.1) is 5.82 Å². The van der Waals surface area contributed by atoms with Crippen molar-refractivity contribution in [2.45, 2.75) is 6.54 Å². The molecule has 2 rings (SSSR count). The highest BCUT2D eigenvalue weighted by Gasteiger charge is 2.08. The quantitative estimate of drug-likeness (QED) is 0.886. The SMILES string of the molecule is O=C(O)CNCc1ccc(-c2ccc(F)c(Cl)c2)o1. The maximum absolute atomic E-state index is 13.0. The van der Waals surface area contributed by atoms with Crippen LogP contribution in [0.15, 0.2) is 34.7 Å². The Balaban J connectivity index is 2.07. The molecule has 2 aromatic rings. The van der Waals surface area contributed by atoms with E-state index in [1.807, 2.05) is 0 Å². The molecule has 1 aromatic heterocycles. The van der Waals surface area contributed by atoms with Crippen molar-refractivity contribution in [2.24, 2.45) is 0 Å². The van der Waals surface area contributed by atoms with Gasteiger partial charge in [0, 0.05) is 5.56 Å². The molecule has 100 valence electrons. The molecule has 1 heterocycles. The van der Waals surface area contributed by atoms with Crippen molar-refractivity contribution >= 4 is 17.6 Å². The first-order chi connectivity index (χ1) is 9.06. The van der Waals surface area contributed by atoms with E-state index >= 15 is 0 Å². The van der Waals surface area contributed by atoms with Crippen LogP contribution in [0.1, 0.15) is 5.76 Å². The lowest BCUT2D eigenvalue weighted by Crippen LogP contribution is -2.21. The molecule has 0 amide bonds. The Morgan fingerprint density at radius 1 is 1.37 bits per heavy atom. The third kappa shape index (κ3) is 3.56. The van der Waals surface area contributed by atoms with Crippen molar-refractivity contribution in [1.82, 2.24) is 5.32 Å². The van der Waals surface area contributed by atoms with Crippen molar-refractivity contribution < 1.29 is 18.7 Å². The number of hydrogen-bond donors (Lipinski definition) is 2. The van der Waals surface area contributed by atoms with Crippen LogP contribution in [-0.2, 0) is 11.3 Å². The fraction of sp³-hybridized carbons (Fsp3) is 0.154. The molecule has 4 nitrogen and oxygen atoms in total. The molecule has 0 saturated heterocycles. The van der Waals surface area contributed by atoms with Crippen LogP contribution in [-0.4, -0.2) is 17.6 Å². The van der Waals surface area contributed by atoms with E-state index in [2.05, 4.69) is 5.32 Å². The number of benzene rings is 1. The van der Waals surface area contributed by atoms with E-state index in [9.17, 15) is 9.18 Å². The Hall–Kier alpha value is -1.85. The van der Waals surface area contributed by atoms with Crippen LogP contribution in [0.4, 0.5) is 4.39 Å². The van der Waals surface area contributed by atoms with Gasteiger partial charge in [-0.2, -0.15) is 0 Å². The topological polar surface area (TPSA) is 62.5 Å². The summed E-state index contributed by atoms with van der Waals surface area (Å²) in [5.41, 5.74) is 0.663. The van der Waals surface area contributed by atoms with Crippen molar-refractivity contribution in [3.05, 3.63) is 46.9 Å². The molecule has 0 bridgehead atoms. The fourth-order valence-corrected chi connectivity index (χ4v) is 1.75. The second kappa shape index (κ2) is 5.86. The predicted octanol–water partition coefficient (Wildman–Crippen LogP) is 2.91. The smallest absolute Gasteiger partial charge is 0.317 e. The molecule has 0 saturated carbocycles. The number of hydrogen-bond acceptors (Lipinski definition) is 3. The van der Waals surface area contributed by atoms with E-state index in [0.717, 1.165) is 0 Å². The molecule has 0 fully saturated rings. The standard InChI is InChI=1S/C13H11ClFNO3/c14-10-5-8(1-3-11(10)15)12-4-2-9(19-12)6-16-7-13(17)18/h1-5,16H,6-7H2,(H,17,18). The summed E-state index contributed by atoms with van der Waals surface area (Å²) in [5, 5.41) is 11.2. The number of nitrogens with one attached hydrogen (secondary N) is 1. The summed E-state index contributed by atoms with van der Waals surface area (Å²) in [6.07, 6.45) is 0. The molecule has 0 aliphatic heterocycles. The Morgan fingerprint density at radius 2 is 2.16 bits per heavy atom. The zero-order valence-electron chi connectivity index (χ0n) is 9.82. The minimum atomic E-state index is -0.933. The predicted molar refractivity (Wildman–Crippen MR) is 68.5 cm³/mol. The van der Waals surface area contributed by atoms with Crippen LogP contribution in [0.2, 0.25) is 5.02 Å². The highest BCUT2D eigenvalue weighted by atomic mass is 35.5. The number of rotatable bonds is 5. The molecule has 0 atom stereocenters. The first-order valence-electron chi connectivity index (χ1n) is 5.53. The van der Waals surface area contributed by atoms with Gasteiger partial charge in [-0.25, -0.2) is 4.39 Å². The summed E-state index contributed by atoms with van der Waals surface area (Å²) in [4.78, 5) is 10.3. The Bertz CT molecular complexity index is 597. The molecule has 0 radical (unpaired) electrons. The van der Waals surface area contributed by atoms with Crippen molar-refractivity contribution in [3.8, 4) is 11.3 Å². The number of carbonyl (C=O) groups is 1. The summed E-state index contributed by atoms with van der Waals surface area (Å²) in [6.45, 7) is 0.166. The second-order valence-electron chi connectivity index (χ2n) is 3.89. The third-order valence-electron chi connectivity index (χ3n) is 2.44. The van der Waals surface area contributed by atoms with Gasteiger partial charge in [-0.1, -0.05) is 11.6 Å². The summed E-state index contributed by atoms with van der Waals surface area (Å²) < 4.78 is 18.5. The average Bonchev–Trinajstić information content (AvgIpc) is 2.81. The van der Waals surface area contributed by atoms with Gasteiger partial charge >= 0.3 is 5.97 Å². The lowest BCUT2D eigenvalue weighted by Gasteiger charge is -2.00. The molecular formula is C13H11ClFNO3. The molecular weight excluding hydrogens is 273 g/mol. The molecule has 19 heavy (non-hydrogen) atoms. The maximum Gasteiger partial charge on any atom is 0.317 e. The van der Waals surface area contributed by atoms with Gasteiger partial charge in [0.1, 0.15) is 17.3 Å². The fourth-order valence-electron chi connectivity index (χ4n) is 1.57. The van der Waals surface area contributed by atoms with Crippen LogP contribution in [0.3, 0.4) is 0 Å². The summed E-state index contributed by atoms with van der Waals surface area (Å²) in [7, 11) is 0. The Morgan fingerprint density at radius 3 is 2.84 bits per heavy atom. The minimum absolute atomic E-state index is 0.0273. The highest BCUT2D eigenvalue weighted by Crippen LogP contribution is 2.26. The summed E-state index contributed by atoms with van der Waals surface area (Å²) >= 11 is 5.69. The van der Waals surface area contributed by atoms with E-state index in [-0.39, 0.29) is 11.6 Å². The van der Waals surface area contributed by atoms with Crippen molar-refractivity contribution in [2.75, 3.05) is 6.54 Å². The lowest BCUT2D eigenvalue weighted by atomic mass is 10.2. The van der Waals surface area contributed by atoms with Crippen molar-refractivity contribution in [1.29, 1.82) is 0 Å². The minimum Gasteiger partial charge on any atom is -0.480 e. The molecule has 2 N–H and O–H groups in total. The van der Waals surface area contributed by atoms with E-state index in [1.165, 1.54) is 12.1 Å². The Labute approximate surface area is 113 Å². The molecule has 1 aromatic carbocycles. The van der Waals surface area contributed by atoms with Gasteiger partial charge < -0.3 is 9.52 Å². The van der Waals surface area contributed by atoms with Crippen LogP contribution >= 0.6 is 11.6 Å². The molecule has 0 spiro atoms. The second-order valence-corrected chi connectivity index (χ2v) is 4.30. The maximum atomic E-state index is 13.0. The van der Waals surface area contributed by atoms with Crippen LogP contribution in [0.25, 0.3) is 11.3 Å². The molecule has 0 aliphatic carbocycles. The zero-order valence-corrected chi connectivity index (χ0v) is 10.6. The number of halogens is 2. The van der Waals surface area contributed by atoms with Gasteiger partial charge in [-0.05, 0) is 30.3 Å². The zero-order chi connectivity index (χ0) is 13.8. The number of carboxylic acids is 1. The lowest BCUT2D eigenvalue weighted by molar-refractivity contribution is -0.136. The number of carboxylic acid groups (broad SMARTS) is 1. The van der Waals surface area contributed by atoms with Crippen LogP contribution < -0.4 is 5.32 Å². The summed E-state index contributed by atoms with van der Waals surface area (Å²) in [5.74, 6) is -0.275. The first-order valence-corrected chi connectivity index (χ1v) is 5.90. The van der Waals surface area contributed by atoms with Gasteiger partial charge in [0.25, 0.3) is 0 Å². The van der Waals surface area contributed by atoms with Crippen LogP contribution in [0.5, 0.6) is 0 Å². The molecule has 6 heteroatoms. The first kappa shape index (κ1) is 13.6. The van der Waals surface area contributed by atoms with E-state index in [1.54, 1.807) is 18.2 Å². The van der Waals surface area contributed by atoms with E-state index < -0.39 is 11.8 Å². The van der Waals surface area contributed by atoms with Gasteiger partial charge in [0.15, 0.2) is 0 Å². The number of furan rings is 1. The highest BCUT2D eigenvalue weighted by molar-refractivity contribution is 6.31. The monoisotopic (exact) mass is 283 g/mol. The normalized spacial score (nSPS) is 10.6. The van der Waals surface area contributed by atoms with E-state index in [4.69, 9.17) is 21.1 Å². The molecule has 0 unspecified atom stereocenters. The van der Waals surface area contributed by atoms with Gasteiger partial charge in [0.2, 0.25) is 0 Å². The number of aliphatic carboxylic acids is 1. The van der Waals surface area contributed by atoms with Gasteiger partial charge in [-0.3, -0.25) is 10.1 Å². The van der Waals surface area contributed by atoms with E-state index in [0.29, 0.717) is 23.6 Å². The van der Waals surface area contributed by atoms with Crippen molar-refractivity contribution in [3.63, 3.8) is 0 Å².